The van der Waals surface area contributed by atoms with E-state index in [1.54, 1.807) is 31.5 Å². The van der Waals surface area contributed by atoms with E-state index < -0.39 is 17.3 Å². The van der Waals surface area contributed by atoms with Gasteiger partial charge in [0.1, 0.15) is 11.9 Å². The van der Waals surface area contributed by atoms with E-state index in [9.17, 15) is 9.35 Å². The molecule has 1 aromatic carbocycles. The van der Waals surface area contributed by atoms with Gasteiger partial charge in [-0.05, 0) is 42.8 Å². The monoisotopic (exact) mass is 411 g/mol. The third-order valence-corrected chi connectivity index (χ3v) is 5.31. The van der Waals surface area contributed by atoms with Crippen LogP contribution in [0.3, 0.4) is 0 Å². The van der Waals surface area contributed by atoms with Gasteiger partial charge in [0.15, 0.2) is 5.13 Å². The van der Waals surface area contributed by atoms with E-state index in [0.717, 1.165) is 16.1 Å². The molecule has 9 heteroatoms. The van der Waals surface area contributed by atoms with Crippen LogP contribution in [0.1, 0.15) is 26.5 Å². The molecule has 0 radical (unpaired) electrons. The van der Waals surface area contributed by atoms with E-state index in [1.165, 1.54) is 17.6 Å². The van der Waals surface area contributed by atoms with Gasteiger partial charge in [0.2, 0.25) is 0 Å². The first kappa shape index (κ1) is 19.8. The number of carbonyl (C=O) groups is 1. The van der Waals surface area contributed by atoms with Crippen molar-refractivity contribution in [1.82, 2.24) is 14.7 Å². The third-order valence-electron chi connectivity index (χ3n) is 3.84. The average molecular weight is 412 g/mol. The molecule has 0 aliphatic rings. The van der Waals surface area contributed by atoms with Crippen LogP contribution >= 0.6 is 11.3 Å². The van der Waals surface area contributed by atoms with Crippen molar-refractivity contribution < 1.29 is 9.35 Å². The molecule has 0 fully saturated rings. The highest BCUT2D eigenvalue weighted by Crippen LogP contribution is 2.33. The molecule has 1 N–H and O–H groups in total. The fourth-order valence-electron chi connectivity index (χ4n) is 2.55. The molecular weight excluding hydrogens is 394 g/mol. The number of rotatable bonds is 6. The van der Waals surface area contributed by atoms with Crippen molar-refractivity contribution in [1.29, 1.82) is 5.26 Å². The second kappa shape index (κ2) is 8.84. The number of hydrogen-bond donors (Lipinski definition) is 1. The van der Waals surface area contributed by atoms with Gasteiger partial charge < -0.3 is 9.45 Å². The first-order chi connectivity index (χ1) is 13.5. The number of benzene rings is 1. The highest BCUT2D eigenvalue weighted by molar-refractivity contribution is 7.89. The second-order valence-corrected chi connectivity index (χ2v) is 8.19. The van der Waals surface area contributed by atoms with Gasteiger partial charge >= 0.3 is 5.91 Å². The van der Waals surface area contributed by atoms with Crippen molar-refractivity contribution in [2.75, 3.05) is 11.2 Å². The van der Waals surface area contributed by atoms with E-state index in [1.807, 2.05) is 29.2 Å². The predicted molar refractivity (Wildman–Crippen MR) is 110 cm³/mol. The van der Waals surface area contributed by atoms with Crippen LogP contribution in [0.4, 0.5) is 10.8 Å². The van der Waals surface area contributed by atoms with Gasteiger partial charge in [-0.1, -0.05) is 6.07 Å². The van der Waals surface area contributed by atoms with Crippen molar-refractivity contribution in [2.45, 2.75) is 13.5 Å². The highest BCUT2D eigenvalue weighted by Gasteiger charge is 2.22. The Balaban J connectivity index is 1.99. The zero-order valence-corrected chi connectivity index (χ0v) is 16.9. The third kappa shape index (κ3) is 4.67. The summed E-state index contributed by atoms with van der Waals surface area (Å²) in [4.78, 5) is 23.6. The van der Waals surface area contributed by atoms with Gasteiger partial charge in [0, 0.05) is 23.0 Å². The summed E-state index contributed by atoms with van der Waals surface area (Å²) in [6.45, 7) is 2.29. The molecule has 0 aliphatic heterocycles. The Morgan fingerprint density at radius 1 is 1.36 bits per heavy atom. The van der Waals surface area contributed by atoms with Crippen molar-refractivity contribution in [3.8, 4) is 6.07 Å². The van der Waals surface area contributed by atoms with E-state index in [-0.39, 0.29) is 5.69 Å². The molecule has 142 valence electrons. The fraction of sp³-hybridized carbons (Fsp3) is 0.158. The maximum atomic E-state index is 12.3. The molecule has 0 bridgehead atoms. The molecule has 1 atom stereocenters. The van der Waals surface area contributed by atoms with E-state index in [4.69, 9.17) is 5.26 Å². The molecule has 1 unspecified atom stereocenters. The lowest BCUT2D eigenvalue weighted by atomic mass is 10.2. The topological polar surface area (TPSA) is 105 Å². The molecule has 2 heterocycles. The summed E-state index contributed by atoms with van der Waals surface area (Å²) >= 11 is -0.0930. The Bertz CT molecular complexity index is 997. The molecule has 0 saturated carbocycles. The first-order valence-electron chi connectivity index (χ1n) is 8.26. The highest BCUT2D eigenvalue weighted by atomic mass is 32.2. The summed E-state index contributed by atoms with van der Waals surface area (Å²) in [6, 6.07) is 13.1. The smallest absolute Gasteiger partial charge is 0.311 e. The minimum absolute atomic E-state index is 0.250. The molecule has 3 rings (SSSR count). The average Bonchev–Trinajstić information content (AvgIpc) is 3.08. The number of nitrogens with zero attached hydrogens (tertiary/aromatic N) is 4. The standard InChI is InChI=1S/C19H17N5O2S2/c1-13-17(18(25)23-28(2)26)22-19(27-13)24(12-15-4-3-9-21-11-15)16-7-5-14(10-20)6-8-16/h3-9,11H,12H2,1-2H3,(H,23,25). The number of nitriles is 1. The van der Waals surface area contributed by atoms with Gasteiger partial charge in [-0.15, -0.1) is 11.3 Å². The number of hydrogen-bond acceptors (Lipinski definition) is 7. The lowest BCUT2D eigenvalue weighted by Crippen LogP contribution is -2.30. The summed E-state index contributed by atoms with van der Waals surface area (Å²) in [5.41, 5.74) is 2.62. The van der Waals surface area contributed by atoms with Crippen molar-refractivity contribution >= 4 is 39.4 Å². The quantitative estimate of drug-likeness (QED) is 0.625. The van der Waals surface area contributed by atoms with Crippen LogP contribution < -0.4 is 9.62 Å². The van der Waals surface area contributed by atoms with E-state index in [0.29, 0.717) is 17.2 Å². The fourth-order valence-corrected chi connectivity index (χ4v) is 3.83. The Morgan fingerprint density at radius 2 is 2.11 bits per heavy atom. The Labute approximate surface area is 170 Å². The number of pyridine rings is 1. The lowest BCUT2D eigenvalue weighted by molar-refractivity contribution is 0.0977. The van der Waals surface area contributed by atoms with E-state index >= 15 is 0 Å². The van der Waals surface area contributed by atoms with Crippen molar-refractivity contribution in [2.24, 2.45) is 0 Å². The number of amides is 1. The van der Waals surface area contributed by atoms with Crippen LogP contribution in [0.15, 0.2) is 48.8 Å². The molecule has 0 saturated heterocycles. The summed E-state index contributed by atoms with van der Waals surface area (Å²) in [5, 5.41) is 9.66. The number of anilines is 2. The Hall–Kier alpha value is -2.93. The van der Waals surface area contributed by atoms with Crippen LogP contribution in [-0.4, -0.2) is 26.7 Å². The van der Waals surface area contributed by atoms with Gasteiger partial charge in [0.25, 0.3) is 0 Å². The maximum Gasteiger partial charge on any atom is 0.311 e. The van der Waals surface area contributed by atoms with Gasteiger partial charge in [-0.25, -0.2) is 4.98 Å². The molecule has 0 spiro atoms. The molecule has 3 aromatic rings. The summed E-state index contributed by atoms with van der Waals surface area (Å²) in [6.07, 6.45) is 4.87. The summed E-state index contributed by atoms with van der Waals surface area (Å²) in [5.74, 6) is -0.470. The summed E-state index contributed by atoms with van der Waals surface area (Å²) in [7, 11) is 0. The largest absolute Gasteiger partial charge is 0.593 e. The number of carbonyl (C=O) groups excluding carboxylic acids is 1. The van der Waals surface area contributed by atoms with Crippen LogP contribution in [0.2, 0.25) is 0 Å². The molecule has 0 aliphatic carbocycles. The summed E-state index contributed by atoms with van der Waals surface area (Å²) < 4.78 is 13.7. The first-order valence-corrected chi connectivity index (χ1v) is 10.6. The second-order valence-electron chi connectivity index (χ2n) is 5.89. The normalized spacial score (nSPS) is 11.5. The van der Waals surface area contributed by atoms with Crippen molar-refractivity contribution in [3.63, 3.8) is 0 Å². The van der Waals surface area contributed by atoms with Crippen LogP contribution in [-0.2, 0) is 17.9 Å². The van der Waals surface area contributed by atoms with Gasteiger partial charge in [-0.3, -0.25) is 9.78 Å². The zero-order valence-electron chi connectivity index (χ0n) is 15.2. The van der Waals surface area contributed by atoms with Gasteiger partial charge in [0.05, 0.1) is 29.5 Å². The van der Waals surface area contributed by atoms with Crippen LogP contribution in [0.25, 0.3) is 0 Å². The molecule has 7 nitrogen and oxygen atoms in total. The van der Waals surface area contributed by atoms with Crippen LogP contribution in [0, 0.1) is 18.3 Å². The van der Waals surface area contributed by atoms with Gasteiger partial charge in [-0.2, -0.15) is 9.98 Å². The molecular formula is C19H17N5O2S2. The van der Waals surface area contributed by atoms with Crippen molar-refractivity contribution in [3.05, 3.63) is 70.5 Å². The Morgan fingerprint density at radius 3 is 2.71 bits per heavy atom. The SMILES string of the molecule is Cc1sc(N(Cc2cccnc2)c2ccc(C#N)cc2)nc1C(=O)N[S+](C)[O-]. The Kier molecular flexibility index (Phi) is 6.26. The van der Waals surface area contributed by atoms with E-state index in [2.05, 4.69) is 20.8 Å². The number of thiazole rings is 1. The van der Waals surface area contributed by atoms with Crippen LogP contribution in [0.5, 0.6) is 0 Å². The number of nitrogens with one attached hydrogen (secondary N) is 1. The molecule has 28 heavy (non-hydrogen) atoms. The maximum absolute atomic E-state index is 12.3. The minimum Gasteiger partial charge on any atom is -0.593 e. The number of aromatic nitrogens is 2. The zero-order chi connectivity index (χ0) is 20.1. The minimum atomic E-state index is -1.46. The predicted octanol–water partition coefficient (Wildman–Crippen LogP) is 3.08. The number of aryl methyl sites for hydroxylation is 1. The molecule has 1 amide bonds. The molecule has 2 aromatic heterocycles. The lowest BCUT2D eigenvalue weighted by Gasteiger charge is -2.22.